The number of halogens is 1. The molecule has 4 heteroatoms. The van der Waals surface area contributed by atoms with E-state index in [1.54, 1.807) is 0 Å². The third kappa shape index (κ3) is 4.66. The van der Waals surface area contributed by atoms with Crippen LogP contribution < -0.4 is 14.8 Å². The van der Waals surface area contributed by atoms with E-state index in [-0.39, 0.29) is 0 Å². The van der Waals surface area contributed by atoms with Crippen molar-refractivity contribution in [2.45, 2.75) is 20.4 Å². The summed E-state index contributed by atoms with van der Waals surface area (Å²) in [7, 11) is 0. The molecule has 0 unspecified atom stereocenters. The Morgan fingerprint density at radius 2 is 1.71 bits per heavy atom. The van der Waals surface area contributed by atoms with Gasteiger partial charge in [0.25, 0.3) is 0 Å². The second-order valence-corrected chi connectivity index (χ2v) is 4.98. The molecule has 0 spiro atoms. The van der Waals surface area contributed by atoms with Gasteiger partial charge in [-0.2, -0.15) is 0 Å². The molecule has 0 bridgehead atoms. The minimum atomic E-state index is 0.654. The lowest BCUT2D eigenvalue weighted by Crippen LogP contribution is -2.12. The lowest BCUT2D eigenvalue weighted by atomic mass is 10.2. The van der Waals surface area contributed by atoms with Crippen molar-refractivity contribution in [2.24, 2.45) is 0 Å². The van der Waals surface area contributed by atoms with Gasteiger partial charge < -0.3 is 14.8 Å². The molecule has 0 aliphatic rings. The van der Waals surface area contributed by atoms with Crippen LogP contribution in [0.4, 0.5) is 0 Å². The SMILES string of the molecule is CCNCc1ccc(Cl)cc1Oc1ccc(OCC)cc1. The highest BCUT2D eigenvalue weighted by Crippen LogP contribution is 2.29. The normalized spacial score (nSPS) is 10.4. The molecule has 0 saturated heterocycles. The van der Waals surface area contributed by atoms with Gasteiger partial charge in [0, 0.05) is 17.1 Å². The van der Waals surface area contributed by atoms with Crippen LogP contribution in [0.3, 0.4) is 0 Å². The number of rotatable bonds is 7. The Hall–Kier alpha value is -1.71. The van der Waals surface area contributed by atoms with E-state index in [0.717, 1.165) is 35.9 Å². The molecular weight excluding hydrogens is 286 g/mol. The molecule has 0 amide bonds. The van der Waals surface area contributed by atoms with E-state index in [4.69, 9.17) is 21.1 Å². The lowest BCUT2D eigenvalue weighted by molar-refractivity contribution is 0.339. The number of hydrogen-bond donors (Lipinski definition) is 1. The summed E-state index contributed by atoms with van der Waals surface area (Å²) in [6.07, 6.45) is 0. The Kier molecular flexibility index (Phi) is 5.90. The maximum atomic E-state index is 6.06. The van der Waals surface area contributed by atoms with Crippen molar-refractivity contribution in [3.8, 4) is 17.2 Å². The fourth-order valence-electron chi connectivity index (χ4n) is 1.93. The van der Waals surface area contributed by atoms with Gasteiger partial charge in [-0.15, -0.1) is 0 Å². The quantitative estimate of drug-likeness (QED) is 0.808. The van der Waals surface area contributed by atoms with Gasteiger partial charge >= 0.3 is 0 Å². The molecule has 0 aromatic heterocycles. The highest BCUT2D eigenvalue weighted by Gasteiger charge is 2.06. The summed E-state index contributed by atoms with van der Waals surface area (Å²) in [6.45, 7) is 6.35. The Bertz CT molecular complexity index is 570. The first kappa shape index (κ1) is 15.7. The topological polar surface area (TPSA) is 30.5 Å². The van der Waals surface area contributed by atoms with Crippen LogP contribution in [-0.2, 0) is 6.54 Å². The average Bonchev–Trinajstić information content (AvgIpc) is 2.49. The van der Waals surface area contributed by atoms with E-state index in [1.165, 1.54) is 0 Å². The molecule has 0 radical (unpaired) electrons. The summed E-state index contributed by atoms with van der Waals surface area (Å²) < 4.78 is 11.4. The van der Waals surface area contributed by atoms with Crippen molar-refractivity contribution in [3.05, 3.63) is 53.1 Å². The zero-order valence-electron chi connectivity index (χ0n) is 12.4. The van der Waals surface area contributed by atoms with Gasteiger partial charge in [-0.1, -0.05) is 24.6 Å². The van der Waals surface area contributed by atoms with Crippen LogP contribution in [0.25, 0.3) is 0 Å². The minimum absolute atomic E-state index is 0.654. The van der Waals surface area contributed by atoms with Crippen molar-refractivity contribution >= 4 is 11.6 Å². The fraction of sp³-hybridized carbons (Fsp3) is 0.294. The molecule has 0 atom stereocenters. The summed E-state index contributed by atoms with van der Waals surface area (Å²) in [6, 6.07) is 13.3. The summed E-state index contributed by atoms with van der Waals surface area (Å²) in [5.41, 5.74) is 1.08. The number of nitrogens with one attached hydrogen (secondary N) is 1. The molecule has 2 aromatic carbocycles. The van der Waals surface area contributed by atoms with Crippen LogP contribution in [0.5, 0.6) is 17.2 Å². The molecule has 0 aliphatic heterocycles. The van der Waals surface area contributed by atoms with Crippen LogP contribution in [0.2, 0.25) is 5.02 Å². The minimum Gasteiger partial charge on any atom is -0.494 e. The van der Waals surface area contributed by atoms with Gasteiger partial charge in [0.2, 0.25) is 0 Å². The van der Waals surface area contributed by atoms with Gasteiger partial charge in [0.1, 0.15) is 17.2 Å². The lowest BCUT2D eigenvalue weighted by Gasteiger charge is -2.12. The Morgan fingerprint density at radius 1 is 1.00 bits per heavy atom. The second kappa shape index (κ2) is 7.91. The molecule has 0 aliphatic carbocycles. The highest BCUT2D eigenvalue weighted by molar-refractivity contribution is 6.30. The Labute approximate surface area is 130 Å². The highest BCUT2D eigenvalue weighted by atomic mass is 35.5. The average molecular weight is 306 g/mol. The van der Waals surface area contributed by atoms with Crippen LogP contribution in [0, 0.1) is 0 Å². The van der Waals surface area contributed by atoms with Gasteiger partial charge in [0.05, 0.1) is 6.61 Å². The van der Waals surface area contributed by atoms with E-state index >= 15 is 0 Å². The molecule has 112 valence electrons. The van der Waals surface area contributed by atoms with Crippen LogP contribution >= 0.6 is 11.6 Å². The molecule has 1 N–H and O–H groups in total. The van der Waals surface area contributed by atoms with Gasteiger partial charge in [-0.25, -0.2) is 0 Å². The van der Waals surface area contributed by atoms with Crippen LogP contribution in [0.15, 0.2) is 42.5 Å². The van der Waals surface area contributed by atoms with Gasteiger partial charge in [-0.05, 0) is 49.9 Å². The molecule has 0 saturated carbocycles. The maximum Gasteiger partial charge on any atom is 0.133 e. The first-order valence-corrected chi connectivity index (χ1v) is 7.50. The fourth-order valence-corrected chi connectivity index (χ4v) is 2.09. The first-order valence-electron chi connectivity index (χ1n) is 7.12. The zero-order chi connectivity index (χ0) is 15.1. The Balaban J connectivity index is 2.15. The van der Waals surface area contributed by atoms with E-state index in [0.29, 0.717) is 11.6 Å². The molecule has 21 heavy (non-hydrogen) atoms. The van der Waals surface area contributed by atoms with E-state index < -0.39 is 0 Å². The van der Waals surface area contributed by atoms with E-state index in [9.17, 15) is 0 Å². The number of ether oxygens (including phenoxy) is 2. The summed E-state index contributed by atoms with van der Waals surface area (Å²) in [5, 5.41) is 3.96. The predicted octanol–water partition coefficient (Wildman–Crippen LogP) is 4.64. The Morgan fingerprint density at radius 3 is 2.38 bits per heavy atom. The molecule has 2 rings (SSSR count). The summed E-state index contributed by atoms with van der Waals surface area (Å²) in [5.74, 6) is 2.37. The molecule has 0 fully saturated rings. The molecule has 3 nitrogen and oxygen atoms in total. The third-order valence-electron chi connectivity index (χ3n) is 2.96. The number of hydrogen-bond acceptors (Lipinski definition) is 3. The second-order valence-electron chi connectivity index (χ2n) is 4.54. The monoisotopic (exact) mass is 305 g/mol. The van der Waals surface area contributed by atoms with Crippen LogP contribution in [0.1, 0.15) is 19.4 Å². The van der Waals surface area contributed by atoms with Crippen molar-refractivity contribution < 1.29 is 9.47 Å². The molecule has 2 aromatic rings. The van der Waals surface area contributed by atoms with Crippen molar-refractivity contribution in [1.29, 1.82) is 0 Å². The zero-order valence-corrected chi connectivity index (χ0v) is 13.1. The first-order chi connectivity index (χ1) is 10.2. The smallest absolute Gasteiger partial charge is 0.133 e. The van der Waals surface area contributed by atoms with E-state index in [1.807, 2.05) is 49.4 Å². The third-order valence-corrected chi connectivity index (χ3v) is 3.19. The van der Waals surface area contributed by atoms with Gasteiger partial charge in [0.15, 0.2) is 0 Å². The molecule has 0 heterocycles. The largest absolute Gasteiger partial charge is 0.494 e. The van der Waals surface area contributed by atoms with Crippen LogP contribution in [-0.4, -0.2) is 13.2 Å². The van der Waals surface area contributed by atoms with Crippen molar-refractivity contribution in [3.63, 3.8) is 0 Å². The van der Waals surface area contributed by atoms with E-state index in [2.05, 4.69) is 12.2 Å². The summed E-state index contributed by atoms with van der Waals surface area (Å²) in [4.78, 5) is 0. The standard InChI is InChI=1S/C17H20ClNO2/c1-3-19-12-13-5-6-14(18)11-17(13)21-16-9-7-15(8-10-16)20-4-2/h5-11,19H,3-4,12H2,1-2H3. The van der Waals surface area contributed by atoms with Gasteiger partial charge in [-0.3, -0.25) is 0 Å². The van der Waals surface area contributed by atoms with Crippen molar-refractivity contribution in [1.82, 2.24) is 5.32 Å². The maximum absolute atomic E-state index is 6.06. The number of benzene rings is 2. The van der Waals surface area contributed by atoms with Crippen molar-refractivity contribution in [2.75, 3.05) is 13.2 Å². The molecular formula is C17H20ClNO2. The summed E-state index contributed by atoms with van der Waals surface area (Å²) >= 11 is 6.06. The predicted molar refractivity (Wildman–Crippen MR) is 86.5 cm³/mol.